The fourth-order valence-corrected chi connectivity index (χ4v) is 5.38. The van der Waals surface area contributed by atoms with Crippen molar-refractivity contribution >= 4 is 40.6 Å². The lowest BCUT2D eigenvalue weighted by atomic mass is 10.1. The smallest absolute Gasteiger partial charge is 0.337 e. The molecule has 0 saturated carbocycles. The molecule has 37 heavy (non-hydrogen) atoms. The van der Waals surface area contributed by atoms with E-state index in [0.29, 0.717) is 28.8 Å². The summed E-state index contributed by atoms with van der Waals surface area (Å²) >= 11 is 1.39. The number of esters is 1. The van der Waals surface area contributed by atoms with Crippen molar-refractivity contribution in [3.05, 3.63) is 87.6 Å². The van der Waals surface area contributed by atoms with Gasteiger partial charge in [0.1, 0.15) is 0 Å². The zero-order chi connectivity index (χ0) is 26.5. The van der Waals surface area contributed by atoms with Crippen molar-refractivity contribution in [2.45, 2.75) is 27.2 Å². The number of benzene rings is 2. The van der Waals surface area contributed by atoms with E-state index >= 15 is 0 Å². The molecule has 192 valence electrons. The number of para-hydroxylation sites is 1. The normalized spacial score (nSPS) is 15.7. The Hall–Kier alpha value is -3.62. The maximum Gasteiger partial charge on any atom is 0.337 e. The van der Waals surface area contributed by atoms with Gasteiger partial charge in [0.2, 0.25) is 0 Å². The molecule has 0 atom stereocenters. The number of hydrogen-bond acceptors (Lipinski definition) is 6. The number of amides is 1. The third-order valence-corrected chi connectivity index (χ3v) is 7.22. The Morgan fingerprint density at radius 2 is 1.81 bits per heavy atom. The standard InChI is InChI=1S/C29H31N3O4S/c1-19-16-22(28(34)36-5)12-13-25(19)32-20(2)17-23(21(32)3)18-26-27(33)31(14-9-15-35-4)29(37-26)30-24-10-7-6-8-11-24/h6-8,10-13,16-18H,9,14-15H2,1-5H3/b26-18-,30-29?. The second-order valence-corrected chi connectivity index (χ2v) is 9.81. The van der Waals surface area contributed by atoms with Gasteiger partial charge < -0.3 is 14.0 Å². The Morgan fingerprint density at radius 3 is 2.49 bits per heavy atom. The topological polar surface area (TPSA) is 73.1 Å². The van der Waals surface area contributed by atoms with Crippen LogP contribution in [0.25, 0.3) is 11.8 Å². The molecule has 2 aromatic carbocycles. The molecule has 8 heteroatoms. The van der Waals surface area contributed by atoms with Crippen LogP contribution in [0.15, 0.2) is 64.5 Å². The summed E-state index contributed by atoms with van der Waals surface area (Å²) in [7, 11) is 3.04. The number of ether oxygens (including phenoxy) is 2. The minimum atomic E-state index is -0.360. The number of nitrogens with zero attached hydrogens (tertiary/aromatic N) is 3. The highest BCUT2D eigenvalue weighted by molar-refractivity contribution is 8.18. The van der Waals surface area contributed by atoms with Crippen molar-refractivity contribution in [2.75, 3.05) is 27.4 Å². The summed E-state index contributed by atoms with van der Waals surface area (Å²) in [6.45, 7) is 7.15. The molecule has 0 bridgehead atoms. The third-order valence-electron chi connectivity index (χ3n) is 6.21. The summed E-state index contributed by atoms with van der Waals surface area (Å²) in [6.07, 6.45) is 2.67. The molecule has 2 heterocycles. The Morgan fingerprint density at radius 1 is 1.05 bits per heavy atom. The van der Waals surface area contributed by atoms with Crippen LogP contribution < -0.4 is 0 Å². The van der Waals surface area contributed by atoms with Crippen LogP contribution in [-0.2, 0) is 14.3 Å². The Labute approximate surface area is 221 Å². The molecule has 1 aromatic heterocycles. The van der Waals surface area contributed by atoms with Gasteiger partial charge in [0.25, 0.3) is 5.91 Å². The van der Waals surface area contributed by atoms with Crippen LogP contribution in [0.4, 0.5) is 5.69 Å². The fourth-order valence-electron chi connectivity index (χ4n) is 4.37. The molecule has 0 aliphatic carbocycles. The van der Waals surface area contributed by atoms with E-state index in [-0.39, 0.29) is 11.9 Å². The summed E-state index contributed by atoms with van der Waals surface area (Å²) < 4.78 is 12.2. The van der Waals surface area contributed by atoms with E-state index in [9.17, 15) is 9.59 Å². The average molecular weight is 518 g/mol. The molecule has 1 aliphatic rings. The second kappa shape index (κ2) is 11.6. The van der Waals surface area contributed by atoms with Crippen molar-refractivity contribution in [3.8, 4) is 5.69 Å². The molecular formula is C29H31N3O4S. The highest BCUT2D eigenvalue weighted by atomic mass is 32.2. The number of aromatic nitrogens is 1. The van der Waals surface area contributed by atoms with E-state index in [1.807, 2.05) is 69.3 Å². The molecule has 1 saturated heterocycles. The molecule has 4 rings (SSSR count). The predicted octanol–water partition coefficient (Wildman–Crippen LogP) is 5.83. The summed E-state index contributed by atoms with van der Waals surface area (Å²) in [4.78, 5) is 32.5. The van der Waals surface area contributed by atoms with Crippen LogP contribution in [0.5, 0.6) is 0 Å². The number of methoxy groups -OCH3 is 2. The number of carbonyl (C=O) groups excluding carboxylic acids is 2. The van der Waals surface area contributed by atoms with Gasteiger partial charge in [-0.1, -0.05) is 18.2 Å². The van der Waals surface area contributed by atoms with Gasteiger partial charge >= 0.3 is 5.97 Å². The molecule has 0 unspecified atom stereocenters. The van der Waals surface area contributed by atoms with Gasteiger partial charge in [0.15, 0.2) is 5.17 Å². The summed E-state index contributed by atoms with van der Waals surface area (Å²) in [6, 6.07) is 17.3. The zero-order valence-electron chi connectivity index (χ0n) is 21.8. The Bertz CT molecular complexity index is 1380. The maximum atomic E-state index is 13.4. The second-order valence-electron chi connectivity index (χ2n) is 8.80. The lowest BCUT2D eigenvalue weighted by Crippen LogP contribution is -2.30. The van der Waals surface area contributed by atoms with Gasteiger partial charge in [-0.3, -0.25) is 9.69 Å². The molecule has 3 aromatic rings. The number of amidine groups is 1. The van der Waals surface area contributed by atoms with Crippen LogP contribution in [0, 0.1) is 20.8 Å². The van der Waals surface area contributed by atoms with Crippen molar-refractivity contribution in [1.29, 1.82) is 0 Å². The zero-order valence-corrected chi connectivity index (χ0v) is 22.6. The number of aliphatic imine (C=N–C) groups is 1. The van der Waals surface area contributed by atoms with Crippen LogP contribution >= 0.6 is 11.8 Å². The summed E-state index contributed by atoms with van der Waals surface area (Å²) in [5.74, 6) is -0.417. The minimum absolute atomic E-state index is 0.0563. The number of rotatable bonds is 8. The first-order valence-electron chi connectivity index (χ1n) is 12.1. The monoisotopic (exact) mass is 517 g/mol. The van der Waals surface area contributed by atoms with Crippen LogP contribution in [0.1, 0.15) is 39.3 Å². The number of carbonyl (C=O) groups is 2. The molecule has 0 spiro atoms. The molecule has 0 N–H and O–H groups in total. The maximum absolute atomic E-state index is 13.4. The highest BCUT2D eigenvalue weighted by Gasteiger charge is 2.33. The van der Waals surface area contributed by atoms with Crippen LogP contribution in [0.3, 0.4) is 0 Å². The Balaban J connectivity index is 1.68. The van der Waals surface area contributed by atoms with Gasteiger partial charge in [-0.25, -0.2) is 9.79 Å². The van der Waals surface area contributed by atoms with Gasteiger partial charge in [-0.05, 0) is 92.6 Å². The largest absolute Gasteiger partial charge is 0.465 e. The molecule has 0 radical (unpaired) electrons. The van der Waals surface area contributed by atoms with Gasteiger partial charge in [-0.2, -0.15) is 0 Å². The van der Waals surface area contributed by atoms with Gasteiger partial charge in [-0.15, -0.1) is 0 Å². The molecule has 1 amide bonds. The lowest BCUT2D eigenvalue weighted by molar-refractivity contribution is -0.122. The van der Waals surface area contributed by atoms with Crippen molar-refractivity contribution < 1.29 is 19.1 Å². The van der Waals surface area contributed by atoms with E-state index in [0.717, 1.165) is 40.3 Å². The first kappa shape index (κ1) is 26.4. The quantitative estimate of drug-likeness (QED) is 0.214. The number of thioether (sulfide) groups is 1. The fraction of sp³-hybridized carbons (Fsp3) is 0.276. The average Bonchev–Trinajstić information content (AvgIpc) is 3.33. The van der Waals surface area contributed by atoms with E-state index < -0.39 is 0 Å². The Kier molecular flexibility index (Phi) is 8.31. The molecule has 1 fully saturated rings. The first-order chi connectivity index (χ1) is 17.8. The molecule has 1 aliphatic heterocycles. The van der Waals surface area contributed by atoms with Crippen molar-refractivity contribution in [1.82, 2.24) is 9.47 Å². The van der Waals surface area contributed by atoms with Crippen molar-refractivity contribution in [2.24, 2.45) is 4.99 Å². The first-order valence-corrected chi connectivity index (χ1v) is 12.9. The lowest BCUT2D eigenvalue weighted by Gasteiger charge is -2.15. The van der Waals surface area contributed by atoms with E-state index in [1.54, 1.807) is 18.1 Å². The van der Waals surface area contributed by atoms with Gasteiger partial charge in [0.05, 0.1) is 23.3 Å². The van der Waals surface area contributed by atoms with Crippen molar-refractivity contribution in [3.63, 3.8) is 0 Å². The summed E-state index contributed by atoms with van der Waals surface area (Å²) in [5.41, 5.74) is 6.25. The van der Waals surface area contributed by atoms with E-state index in [2.05, 4.69) is 10.6 Å². The third kappa shape index (κ3) is 5.70. The SMILES string of the molecule is COCCCN1C(=O)/C(=C/c2cc(C)n(-c3ccc(C(=O)OC)cc3C)c2C)SC1=Nc1ccccc1. The number of aryl methyl sites for hydroxylation is 2. The number of hydrogen-bond donors (Lipinski definition) is 0. The van der Waals surface area contributed by atoms with Crippen LogP contribution in [0.2, 0.25) is 0 Å². The molecular weight excluding hydrogens is 486 g/mol. The van der Waals surface area contributed by atoms with Crippen LogP contribution in [-0.4, -0.2) is 53.9 Å². The van der Waals surface area contributed by atoms with E-state index in [4.69, 9.17) is 14.5 Å². The summed E-state index contributed by atoms with van der Waals surface area (Å²) in [5, 5.41) is 0.668. The van der Waals surface area contributed by atoms with E-state index in [1.165, 1.54) is 18.9 Å². The predicted molar refractivity (Wildman–Crippen MR) is 149 cm³/mol. The molecule has 7 nitrogen and oxygen atoms in total. The highest BCUT2D eigenvalue weighted by Crippen LogP contribution is 2.35. The van der Waals surface area contributed by atoms with Gasteiger partial charge in [0, 0.05) is 37.3 Å². The minimum Gasteiger partial charge on any atom is -0.465 e.